The molecule has 0 heterocycles. The monoisotopic (exact) mass is 371 g/mol. The molecular formula is C16H13ClF3N3O2. The molecule has 0 radical (unpaired) electrons. The van der Waals surface area contributed by atoms with E-state index in [1.165, 1.54) is 30.3 Å². The van der Waals surface area contributed by atoms with Crippen molar-refractivity contribution in [2.24, 2.45) is 5.73 Å². The van der Waals surface area contributed by atoms with E-state index in [0.29, 0.717) is 0 Å². The molecule has 2 aromatic carbocycles. The summed E-state index contributed by atoms with van der Waals surface area (Å²) in [7, 11) is 0. The number of amides is 2. The van der Waals surface area contributed by atoms with Gasteiger partial charge in [0.15, 0.2) is 0 Å². The van der Waals surface area contributed by atoms with Crippen LogP contribution in [0.4, 0.5) is 24.5 Å². The Morgan fingerprint density at radius 3 is 2.40 bits per heavy atom. The minimum absolute atomic E-state index is 0.0657. The van der Waals surface area contributed by atoms with Gasteiger partial charge in [-0.2, -0.15) is 13.2 Å². The second-order valence-corrected chi connectivity index (χ2v) is 5.44. The smallest absolute Gasteiger partial charge is 0.375 e. The lowest BCUT2D eigenvalue weighted by atomic mass is 10.1. The largest absolute Gasteiger partial charge is 0.418 e. The predicted molar refractivity (Wildman–Crippen MR) is 88.5 cm³/mol. The first kappa shape index (κ1) is 18.6. The topological polar surface area (TPSA) is 84.2 Å². The van der Waals surface area contributed by atoms with Gasteiger partial charge >= 0.3 is 6.18 Å². The zero-order chi connectivity index (χ0) is 18.6. The standard InChI is InChI=1S/C16H13ClF3N3O2/c17-9-5-6-12(10(7-9)15(21)25)22-8-14(24)23-13-4-2-1-3-11(13)16(18,19)20/h1-7,22H,8H2,(H2,21,25)(H,23,24). The fraction of sp³-hybridized carbons (Fsp3) is 0.125. The molecule has 25 heavy (non-hydrogen) atoms. The number of nitrogens with one attached hydrogen (secondary N) is 2. The van der Waals surface area contributed by atoms with Gasteiger partial charge in [0.1, 0.15) is 0 Å². The van der Waals surface area contributed by atoms with Crippen molar-refractivity contribution < 1.29 is 22.8 Å². The molecule has 0 saturated carbocycles. The van der Waals surface area contributed by atoms with E-state index in [2.05, 4.69) is 10.6 Å². The van der Waals surface area contributed by atoms with Crippen LogP contribution in [0.15, 0.2) is 42.5 Å². The lowest BCUT2D eigenvalue weighted by molar-refractivity contribution is -0.137. The maximum atomic E-state index is 12.9. The van der Waals surface area contributed by atoms with Crippen molar-refractivity contribution in [2.45, 2.75) is 6.18 Å². The number of nitrogens with two attached hydrogens (primary N) is 1. The SMILES string of the molecule is NC(=O)c1cc(Cl)ccc1NCC(=O)Nc1ccccc1C(F)(F)F. The minimum Gasteiger partial charge on any atom is -0.375 e. The molecule has 0 fully saturated rings. The molecule has 0 saturated heterocycles. The molecule has 0 aliphatic carbocycles. The molecular weight excluding hydrogens is 359 g/mol. The molecule has 2 aromatic rings. The number of hydrogen-bond donors (Lipinski definition) is 3. The van der Waals surface area contributed by atoms with Crippen LogP contribution in [0, 0.1) is 0 Å². The third-order valence-corrected chi connectivity index (χ3v) is 3.43. The molecule has 0 bridgehead atoms. The van der Waals surface area contributed by atoms with Crippen LogP contribution in [-0.2, 0) is 11.0 Å². The van der Waals surface area contributed by atoms with E-state index in [9.17, 15) is 22.8 Å². The fourth-order valence-electron chi connectivity index (χ4n) is 2.08. The second-order valence-electron chi connectivity index (χ2n) is 5.00. The number of hydrogen-bond acceptors (Lipinski definition) is 3. The van der Waals surface area contributed by atoms with E-state index >= 15 is 0 Å². The van der Waals surface area contributed by atoms with Crippen LogP contribution in [0.2, 0.25) is 5.02 Å². The molecule has 5 nitrogen and oxygen atoms in total. The summed E-state index contributed by atoms with van der Waals surface area (Å²) in [6.45, 7) is -0.367. The quantitative estimate of drug-likeness (QED) is 0.752. The van der Waals surface area contributed by atoms with Gasteiger partial charge < -0.3 is 16.4 Å². The molecule has 0 aromatic heterocycles. The number of carbonyl (C=O) groups excluding carboxylic acids is 2. The summed E-state index contributed by atoms with van der Waals surface area (Å²) >= 11 is 5.77. The van der Waals surface area contributed by atoms with E-state index in [1.54, 1.807) is 0 Å². The van der Waals surface area contributed by atoms with Crippen LogP contribution in [0.1, 0.15) is 15.9 Å². The van der Waals surface area contributed by atoms with Crippen LogP contribution in [0.25, 0.3) is 0 Å². The Labute approximate surface area is 146 Å². The lowest BCUT2D eigenvalue weighted by Crippen LogP contribution is -2.24. The highest BCUT2D eigenvalue weighted by Gasteiger charge is 2.33. The molecule has 0 aliphatic heterocycles. The van der Waals surface area contributed by atoms with Crippen molar-refractivity contribution >= 4 is 34.8 Å². The van der Waals surface area contributed by atoms with E-state index < -0.39 is 23.6 Å². The highest BCUT2D eigenvalue weighted by atomic mass is 35.5. The number of anilines is 2. The molecule has 0 aliphatic rings. The van der Waals surface area contributed by atoms with Gasteiger partial charge in [-0.3, -0.25) is 9.59 Å². The van der Waals surface area contributed by atoms with Gasteiger partial charge in [-0.15, -0.1) is 0 Å². The van der Waals surface area contributed by atoms with Gasteiger partial charge in [-0.25, -0.2) is 0 Å². The van der Waals surface area contributed by atoms with Crippen molar-refractivity contribution in [2.75, 3.05) is 17.2 Å². The number of primary amides is 1. The summed E-state index contributed by atoms with van der Waals surface area (Å²) in [5.41, 5.74) is 4.23. The Kier molecular flexibility index (Phi) is 5.53. The zero-order valence-corrected chi connectivity index (χ0v) is 13.4. The number of para-hydroxylation sites is 1. The molecule has 0 atom stereocenters. The van der Waals surface area contributed by atoms with Crippen molar-refractivity contribution in [3.05, 3.63) is 58.6 Å². The van der Waals surface area contributed by atoms with Crippen LogP contribution in [-0.4, -0.2) is 18.4 Å². The van der Waals surface area contributed by atoms with E-state index in [1.807, 2.05) is 0 Å². The van der Waals surface area contributed by atoms with Gasteiger partial charge in [-0.05, 0) is 30.3 Å². The first-order chi connectivity index (χ1) is 11.7. The summed E-state index contributed by atoms with van der Waals surface area (Å²) in [5, 5.41) is 5.11. The first-order valence-electron chi connectivity index (χ1n) is 6.98. The van der Waals surface area contributed by atoms with E-state index in [4.69, 9.17) is 17.3 Å². The van der Waals surface area contributed by atoms with Crippen LogP contribution in [0.5, 0.6) is 0 Å². The highest BCUT2D eigenvalue weighted by molar-refractivity contribution is 6.31. The molecule has 2 rings (SSSR count). The summed E-state index contributed by atoms with van der Waals surface area (Å²) < 4.78 is 38.7. The van der Waals surface area contributed by atoms with Gasteiger partial charge in [0.05, 0.1) is 23.4 Å². The van der Waals surface area contributed by atoms with Gasteiger partial charge in [-0.1, -0.05) is 23.7 Å². The van der Waals surface area contributed by atoms with Crippen LogP contribution in [0.3, 0.4) is 0 Å². The molecule has 2 amide bonds. The average molecular weight is 372 g/mol. The molecule has 0 spiro atoms. The third kappa shape index (κ3) is 4.87. The minimum atomic E-state index is -4.59. The van der Waals surface area contributed by atoms with Crippen molar-refractivity contribution in [3.8, 4) is 0 Å². The van der Waals surface area contributed by atoms with Gasteiger partial charge in [0, 0.05) is 10.7 Å². The Hall–Kier alpha value is -2.74. The van der Waals surface area contributed by atoms with Crippen LogP contribution >= 0.6 is 11.6 Å². The Morgan fingerprint density at radius 1 is 1.08 bits per heavy atom. The van der Waals surface area contributed by atoms with E-state index in [0.717, 1.165) is 12.1 Å². The van der Waals surface area contributed by atoms with Gasteiger partial charge in [0.2, 0.25) is 5.91 Å². The van der Waals surface area contributed by atoms with Crippen LogP contribution < -0.4 is 16.4 Å². The Morgan fingerprint density at radius 2 is 1.76 bits per heavy atom. The number of halogens is 4. The first-order valence-corrected chi connectivity index (χ1v) is 7.35. The number of benzene rings is 2. The van der Waals surface area contributed by atoms with Crippen molar-refractivity contribution in [1.29, 1.82) is 0 Å². The molecule has 9 heteroatoms. The van der Waals surface area contributed by atoms with Crippen molar-refractivity contribution in [1.82, 2.24) is 0 Å². The maximum Gasteiger partial charge on any atom is 0.418 e. The summed E-state index contributed by atoms with van der Waals surface area (Å²) in [5.74, 6) is -1.48. The second kappa shape index (κ2) is 7.43. The lowest BCUT2D eigenvalue weighted by Gasteiger charge is -2.14. The summed E-state index contributed by atoms with van der Waals surface area (Å²) in [6, 6.07) is 8.87. The van der Waals surface area contributed by atoms with Gasteiger partial charge in [0.25, 0.3) is 5.91 Å². The molecule has 4 N–H and O–H groups in total. The average Bonchev–Trinajstić information content (AvgIpc) is 2.53. The zero-order valence-electron chi connectivity index (χ0n) is 12.7. The van der Waals surface area contributed by atoms with E-state index in [-0.39, 0.29) is 28.5 Å². The van der Waals surface area contributed by atoms with Crippen molar-refractivity contribution in [3.63, 3.8) is 0 Å². The normalized spacial score (nSPS) is 11.0. The predicted octanol–water partition coefficient (Wildman–Crippen LogP) is 3.51. The number of alkyl halides is 3. The highest BCUT2D eigenvalue weighted by Crippen LogP contribution is 2.34. The summed E-state index contributed by atoms with van der Waals surface area (Å²) in [4.78, 5) is 23.3. The third-order valence-electron chi connectivity index (χ3n) is 3.19. The number of carbonyl (C=O) groups is 2. The molecule has 132 valence electrons. The Balaban J connectivity index is 2.09. The maximum absolute atomic E-state index is 12.9. The Bertz CT molecular complexity index is 809. The fourth-order valence-corrected chi connectivity index (χ4v) is 2.26. The summed E-state index contributed by atoms with van der Waals surface area (Å²) in [6.07, 6.45) is -4.59. The number of rotatable bonds is 5. The molecule has 0 unspecified atom stereocenters.